The van der Waals surface area contributed by atoms with Crippen LogP contribution in [-0.4, -0.2) is 41.9 Å². The molecule has 0 unspecified atom stereocenters. The number of ether oxygens (including phenoxy) is 1. The van der Waals surface area contributed by atoms with Gasteiger partial charge in [-0.05, 0) is 25.8 Å². The summed E-state index contributed by atoms with van der Waals surface area (Å²) in [6.45, 7) is 2.30. The van der Waals surface area contributed by atoms with E-state index in [-0.39, 0.29) is 11.0 Å². The first-order valence-electron chi connectivity index (χ1n) is 6.25. The summed E-state index contributed by atoms with van der Waals surface area (Å²) in [6, 6.07) is 2.04. The normalized spacial score (nSPS) is 19.0. The van der Waals surface area contributed by atoms with Gasteiger partial charge in [-0.2, -0.15) is 4.31 Å². The van der Waals surface area contributed by atoms with Gasteiger partial charge < -0.3 is 4.74 Å². The molecule has 0 amide bonds. The Morgan fingerprint density at radius 1 is 1.40 bits per heavy atom. The van der Waals surface area contributed by atoms with Crippen molar-refractivity contribution in [2.75, 3.05) is 13.1 Å². The molecule has 1 aromatic heterocycles. The van der Waals surface area contributed by atoms with E-state index in [2.05, 4.69) is 9.97 Å². The van der Waals surface area contributed by atoms with Gasteiger partial charge in [0.1, 0.15) is 6.10 Å². The quantitative estimate of drug-likeness (QED) is 0.846. The van der Waals surface area contributed by atoms with Crippen LogP contribution in [-0.2, 0) is 10.0 Å². The van der Waals surface area contributed by atoms with Crippen LogP contribution in [0.15, 0.2) is 28.9 Å². The van der Waals surface area contributed by atoms with Gasteiger partial charge in [0.25, 0.3) is 0 Å². The molecule has 20 heavy (non-hydrogen) atoms. The molecule has 0 N–H and O–H groups in total. The summed E-state index contributed by atoms with van der Waals surface area (Å²) >= 11 is 5.48. The summed E-state index contributed by atoms with van der Waals surface area (Å²) < 4.78 is 31.2. The number of sulfonamides is 1. The van der Waals surface area contributed by atoms with Crippen LogP contribution in [0.1, 0.15) is 19.8 Å². The summed E-state index contributed by atoms with van der Waals surface area (Å²) in [7, 11) is -3.43. The van der Waals surface area contributed by atoms with Crippen LogP contribution in [0, 0.1) is 0 Å². The predicted molar refractivity (Wildman–Crippen MR) is 75.8 cm³/mol. The van der Waals surface area contributed by atoms with Crippen LogP contribution in [0.5, 0.6) is 6.01 Å². The van der Waals surface area contributed by atoms with Crippen molar-refractivity contribution in [1.82, 2.24) is 14.3 Å². The van der Waals surface area contributed by atoms with Gasteiger partial charge >= 0.3 is 6.01 Å². The highest BCUT2D eigenvalue weighted by atomic mass is 35.5. The highest BCUT2D eigenvalue weighted by Gasteiger charge is 2.30. The molecule has 110 valence electrons. The lowest BCUT2D eigenvalue weighted by Crippen LogP contribution is -2.42. The minimum atomic E-state index is -3.43. The zero-order chi connectivity index (χ0) is 14.6. The maximum absolute atomic E-state index is 12.1. The van der Waals surface area contributed by atoms with Crippen molar-refractivity contribution >= 4 is 21.6 Å². The molecule has 0 saturated carbocycles. The molecule has 8 heteroatoms. The summed E-state index contributed by atoms with van der Waals surface area (Å²) in [5.41, 5.74) is 1.09. The van der Waals surface area contributed by atoms with E-state index in [1.54, 1.807) is 18.5 Å². The van der Waals surface area contributed by atoms with E-state index in [4.69, 9.17) is 16.3 Å². The lowest BCUT2D eigenvalue weighted by molar-refractivity contribution is 0.124. The number of halogens is 1. The summed E-state index contributed by atoms with van der Waals surface area (Å²) in [5, 5.41) is 0. The van der Waals surface area contributed by atoms with Crippen LogP contribution in [0.3, 0.4) is 0 Å². The molecule has 1 aliphatic rings. The average Bonchev–Trinajstić information content (AvgIpc) is 2.48. The Bertz CT molecular complexity index is 569. The van der Waals surface area contributed by atoms with Crippen molar-refractivity contribution in [2.45, 2.75) is 25.9 Å². The topological polar surface area (TPSA) is 72.4 Å². The number of hydrogen-bond acceptors (Lipinski definition) is 5. The third-order valence-electron chi connectivity index (χ3n) is 3.12. The van der Waals surface area contributed by atoms with Crippen molar-refractivity contribution in [3.05, 3.63) is 28.9 Å². The first-order chi connectivity index (χ1) is 9.54. The van der Waals surface area contributed by atoms with Crippen LogP contribution in [0.4, 0.5) is 0 Å². The van der Waals surface area contributed by atoms with E-state index in [0.29, 0.717) is 31.9 Å². The standard InChI is InChI=1S/C12H16ClN3O3S/c1-10(9-13)20(17,18)16-7-3-11(4-8-16)19-12-14-5-2-6-15-12/h2,5-6,9,11H,3-4,7-8H2,1H3/b10-9-. The molecule has 0 aliphatic carbocycles. The van der Waals surface area contributed by atoms with Gasteiger partial charge in [0.2, 0.25) is 10.0 Å². The van der Waals surface area contributed by atoms with Crippen LogP contribution >= 0.6 is 11.6 Å². The van der Waals surface area contributed by atoms with Crippen LogP contribution in [0.25, 0.3) is 0 Å². The fraction of sp³-hybridized carbons (Fsp3) is 0.500. The van der Waals surface area contributed by atoms with E-state index < -0.39 is 10.0 Å². The molecule has 2 rings (SSSR count). The fourth-order valence-electron chi connectivity index (χ4n) is 1.95. The van der Waals surface area contributed by atoms with E-state index in [9.17, 15) is 8.42 Å². The summed E-state index contributed by atoms with van der Waals surface area (Å²) in [4.78, 5) is 8.14. The largest absolute Gasteiger partial charge is 0.460 e. The molecule has 1 saturated heterocycles. The highest BCUT2D eigenvalue weighted by molar-refractivity contribution is 7.93. The van der Waals surface area contributed by atoms with E-state index in [1.165, 1.54) is 11.2 Å². The van der Waals surface area contributed by atoms with Crippen molar-refractivity contribution < 1.29 is 13.2 Å². The lowest BCUT2D eigenvalue weighted by atomic mass is 10.1. The van der Waals surface area contributed by atoms with Gasteiger partial charge in [0, 0.05) is 31.0 Å². The molecular formula is C12H16ClN3O3S. The molecule has 1 aromatic rings. The monoisotopic (exact) mass is 317 g/mol. The molecule has 1 aliphatic heterocycles. The SMILES string of the molecule is C/C(=C/Cl)S(=O)(=O)N1CCC(Oc2ncccn2)CC1. The Morgan fingerprint density at radius 3 is 2.55 bits per heavy atom. The van der Waals surface area contributed by atoms with Gasteiger partial charge in [-0.1, -0.05) is 11.6 Å². The second kappa shape index (κ2) is 6.51. The van der Waals surface area contributed by atoms with Crippen molar-refractivity contribution in [2.24, 2.45) is 0 Å². The molecule has 0 spiro atoms. The van der Waals surface area contributed by atoms with Crippen LogP contribution < -0.4 is 4.74 Å². The average molecular weight is 318 g/mol. The van der Waals surface area contributed by atoms with E-state index in [0.717, 1.165) is 5.54 Å². The molecule has 0 aromatic carbocycles. The number of rotatable bonds is 4. The number of allylic oxidation sites excluding steroid dienone is 1. The van der Waals surface area contributed by atoms with Crippen molar-refractivity contribution in [3.8, 4) is 6.01 Å². The third-order valence-corrected chi connectivity index (χ3v) is 5.55. The van der Waals surface area contributed by atoms with E-state index in [1.807, 2.05) is 0 Å². The van der Waals surface area contributed by atoms with Gasteiger partial charge in [-0.25, -0.2) is 18.4 Å². The van der Waals surface area contributed by atoms with Gasteiger partial charge in [0.15, 0.2) is 0 Å². The zero-order valence-electron chi connectivity index (χ0n) is 11.1. The minimum Gasteiger partial charge on any atom is -0.460 e. The number of piperidine rings is 1. The highest BCUT2D eigenvalue weighted by Crippen LogP contribution is 2.21. The molecule has 2 heterocycles. The first-order valence-corrected chi connectivity index (χ1v) is 8.12. The molecule has 6 nitrogen and oxygen atoms in total. The maximum atomic E-state index is 12.1. The van der Waals surface area contributed by atoms with Crippen molar-refractivity contribution in [3.63, 3.8) is 0 Å². The van der Waals surface area contributed by atoms with Crippen LogP contribution in [0.2, 0.25) is 0 Å². The summed E-state index contributed by atoms with van der Waals surface area (Å²) in [6.07, 6.45) is 4.36. The second-order valence-electron chi connectivity index (χ2n) is 4.47. The maximum Gasteiger partial charge on any atom is 0.316 e. The Labute approximate surface area is 123 Å². The third kappa shape index (κ3) is 3.47. The zero-order valence-corrected chi connectivity index (χ0v) is 12.6. The Kier molecular flexibility index (Phi) is 4.95. The van der Waals surface area contributed by atoms with Crippen molar-refractivity contribution in [1.29, 1.82) is 0 Å². The van der Waals surface area contributed by atoms with E-state index >= 15 is 0 Å². The first kappa shape index (κ1) is 15.2. The van der Waals surface area contributed by atoms with Gasteiger partial charge in [-0.3, -0.25) is 0 Å². The predicted octanol–water partition coefficient (Wildman–Crippen LogP) is 1.75. The minimum absolute atomic E-state index is 0.0656. The Morgan fingerprint density at radius 2 is 2.00 bits per heavy atom. The summed E-state index contributed by atoms with van der Waals surface area (Å²) in [5.74, 6) is 0. The Balaban J connectivity index is 1.93. The molecule has 1 fully saturated rings. The Hall–Kier alpha value is -1.18. The second-order valence-corrected chi connectivity index (χ2v) is 6.80. The van der Waals surface area contributed by atoms with Gasteiger partial charge in [-0.15, -0.1) is 0 Å². The fourth-order valence-corrected chi connectivity index (χ4v) is 3.49. The smallest absolute Gasteiger partial charge is 0.316 e. The molecule has 0 bridgehead atoms. The lowest BCUT2D eigenvalue weighted by Gasteiger charge is -2.30. The number of aromatic nitrogens is 2. The molecule has 0 radical (unpaired) electrons. The number of hydrogen-bond donors (Lipinski definition) is 0. The number of nitrogens with zero attached hydrogens (tertiary/aromatic N) is 3. The van der Waals surface area contributed by atoms with Gasteiger partial charge in [0.05, 0.1) is 4.91 Å². The molecular weight excluding hydrogens is 302 g/mol. The molecule has 0 atom stereocenters.